The topological polar surface area (TPSA) is 4.93 Å². The second kappa shape index (κ2) is 4.20. The van der Waals surface area contributed by atoms with E-state index in [1.807, 2.05) is 0 Å². The molecule has 0 aromatic carbocycles. The second-order valence-corrected chi connectivity index (χ2v) is 4.53. The first kappa shape index (κ1) is 9.82. The molecule has 0 N–H and O–H groups in total. The monoisotopic (exact) mass is 191 g/mol. The van der Waals surface area contributed by atoms with Crippen molar-refractivity contribution in [3.05, 3.63) is 23.5 Å². The molecule has 1 aromatic heterocycles. The maximum atomic E-state index is 2.58. The van der Waals surface area contributed by atoms with Gasteiger partial charge in [-0.25, -0.2) is 0 Å². The zero-order valence-electron chi connectivity index (χ0n) is 9.42. The van der Waals surface area contributed by atoms with Gasteiger partial charge in [-0.15, -0.1) is 0 Å². The summed E-state index contributed by atoms with van der Waals surface area (Å²) in [4.78, 5) is 0. The average molecular weight is 191 g/mol. The van der Waals surface area contributed by atoms with E-state index in [0.717, 1.165) is 6.04 Å². The van der Waals surface area contributed by atoms with Crippen LogP contribution in [0.1, 0.15) is 57.0 Å². The third-order valence-corrected chi connectivity index (χ3v) is 3.37. The van der Waals surface area contributed by atoms with Crippen LogP contribution in [0.2, 0.25) is 0 Å². The lowest BCUT2D eigenvalue weighted by atomic mass is 10.0. The van der Waals surface area contributed by atoms with Gasteiger partial charge in [0.05, 0.1) is 0 Å². The Labute approximate surface area is 87.1 Å². The summed E-state index contributed by atoms with van der Waals surface area (Å²) in [6.45, 7) is 4.63. The number of aryl methyl sites for hydroxylation is 2. The summed E-state index contributed by atoms with van der Waals surface area (Å²) in [7, 11) is 0. The quantitative estimate of drug-likeness (QED) is 0.686. The van der Waals surface area contributed by atoms with Crippen molar-refractivity contribution in [1.82, 2.24) is 4.57 Å². The number of fused-ring (bicyclic) bond motifs is 1. The molecular formula is C13H21N. The zero-order valence-corrected chi connectivity index (χ0v) is 9.42. The van der Waals surface area contributed by atoms with E-state index >= 15 is 0 Å². The smallest absolute Gasteiger partial charge is 0.0307 e. The van der Waals surface area contributed by atoms with E-state index in [0.29, 0.717) is 0 Å². The van der Waals surface area contributed by atoms with E-state index in [-0.39, 0.29) is 0 Å². The minimum atomic E-state index is 0.737. The Morgan fingerprint density at radius 2 is 2.29 bits per heavy atom. The van der Waals surface area contributed by atoms with Crippen LogP contribution in [-0.4, -0.2) is 4.57 Å². The van der Waals surface area contributed by atoms with Crippen LogP contribution < -0.4 is 0 Å². The van der Waals surface area contributed by atoms with E-state index < -0.39 is 0 Å². The molecule has 2 rings (SSSR count). The van der Waals surface area contributed by atoms with E-state index in [1.165, 1.54) is 38.5 Å². The lowest BCUT2D eigenvalue weighted by molar-refractivity contribution is 0.419. The Morgan fingerprint density at radius 1 is 1.43 bits per heavy atom. The van der Waals surface area contributed by atoms with Crippen molar-refractivity contribution in [1.29, 1.82) is 0 Å². The molecule has 14 heavy (non-hydrogen) atoms. The van der Waals surface area contributed by atoms with E-state index in [4.69, 9.17) is 0 Å². The van der Waals surface area contributed by atoms with Gasteiger partial charge in [-0.05, 0) is 51.2 Å². The first-order valence-electron chi connectivity index (χ1n) is 6.02. The summed E-state index contributed by atoms with van der Waals surface area (Å²) in [5.74, 6) is 0. The van der Waals surface area contributed by atoms with Gasteiger partial charge in [-0.3, -0.25) is 0 Å². The minimum Gasteiger partial charge on any atom is -0.346 e. The number of hydrogen-bond acceptors (Lipinski definition) is 0. The molecule has 0 unspecified atom stereocenters. The predicted molar refractivity (Wildman–Crippen MR) is 60.7 cm³/mol. The highest BCUT2D eigenvalue weighted by Crippen LogP contribution is 2.27. The van der Waals surface area contributed by atoms with Gasteiger partial charge in [0.15, 0.2) is 0 Å². The Balaban J connectivity index is 2.20. The van der Waals surface area contributed by atoms with Crippen molar-refractivity contribution in [3.63, 3.8) is 0 Å². The molecule has 0 saturated carbocycles. The Hall–Kier alpha value is -0.720. The summed E-state index contributed by atoms with van der Waals surface area (Å²) in [5, 5.41) is 0. The van der Waals surface area contributed by atoms with Gasteiger partial charge in [0, 0.05) is 17.4 Å². The van der Waals surface area contributed by atoms with Gasteiger partial charge in [0.25, 0.3) is 0 Å². The third-order valence-electron chi connectivity index (χ3n) is 3.37. The van der Waals surface area contributed by atoms with Crippen LogP contribution in [-0.2, 0) is 12.8 Å². The fraction of sp³-hybridized carbons (Fsp3) is 0.692. The van der Waals surface area contributed by atoms with E-state index in [1.54, 1.807) is 11.4 Å². The Morgan fingerprint density at radius 3 is 3.07 bits per heavy atom. The summed E-state index contributed by atoms with van der Waals surface area (Å²) >= 11 is 0. The molecule has 0 bridgehead atoms. The molecule has 1 aromatic rings. The maximum absolute atomic E-state index is 2.58. The van der Waals surface area contributed by atoms with Gasteiger partial charge < -0.3 is 4.57 Å². The number of unbranched alkanes of at least 4 members (excludes halogenated alkanes) is 1. The largest absolute Gasteiger partial charge is 0.346 e. The first-order valence-corrected chi connectivity index (χ1v) is 6.02. The third kappa shape index (κ3) is 1.73. The van der Waals surface area contributed by atoms with Gasteiger partial charge in [0.1, 0.15) is 0 Å². The molecule has 1 aliphatic rings. The fourth-order valence-corrected chi connectivity index (χ4v) is 2.58. The number of aromatic nitrogens is 1. The highest BCUT2D eigenvalue weighted by atomic mass is 15.0. The summed E-state index contributed by atoms with van der Waals surface area (Å²) in [6, 6.07) is 5.41. The molecule has 1 aliphatic heterocycles. The van der Waals surface area contributed by atoms with Crippen LogP contribution >= 0.6 is 0 Å². The molecule has 0 amide bonds. The maximum Gasteiger partial charge on any atom is 0.0307 e. The van der Waals surface area contributed by atoms with Crippen molar-refractivity contribution >= 4 is 0 Å². The molecule has 0 saturated heterocycles. The molecule has 2 heterocycles. The fourth-order valence-electron chi connectivity index (χ4n) is 2.58. The number of rotatable bonds is 3. The SMILES string of the molecule is CCCCc1ccc2n1[C@H](C)CCC2. The Kier molecular flexibility index (Phi) is 2.95. The summed E-state index contributed by atoms with van der Waals surface area (Å²) in [5.41, 5.74) is 3.13. The van der Waals surface area contributed by atoms with Crippen LogP contribution in [0.25, 0.3) is 0 Å². The summed E-state index contributed by atoms with van der Waals surface area (Å²) in [6.07, 6.45) is 7.92. The highest BCUT2D eigenvalue weighted by molar-refractivity contribution is 5.19. The molecule has 1 nitrogen and oxygen atoms in total. The average Bonchev–Trinajstić information content (AvgIpc) is 2.59. The zero-order chi connectivity index (χ0) is 9.97. The van der Waals surface area contributed by atoms with Crippen molar-refractivity contribution in [3.8, 4) is 0 Å². The lowest BCUT2D eigenvalue weighted by Gasteiger charge is -2.25. The Bertz CT molecular complexity index is 298. The van der Waals surface area contributed by atoms with E-state index in [2.05, 4.69) is 30.5 Å². The van der Waals surface area contributed by atoms with E-state index in [9.17, 15) is 0 Å². The molecular weight excluding hydrogens is 170 g/mol. The summed E-state index contributed by atoms with van der Waals surface area (Å²) < 4.78 is 2.58. The van der Waals surface area contributed by atoms with Crippen molar-refractivity contribution in [2.75, 3.05) is 0 Å². The molecule has 78 valence electrons. The van der Waals surface area contributed by atoms with Crippen LogP contribution in [0.15, 0.2) is 12.1 Å². The van der Waals surface area contributed by atoms with Crippen molar-refractivity contribution in [2.45, 2.75) is 58.4 Å². The van der Waals surface area contributed by atoms with Crippen molar-refractivity contribution < 1.29 is 0 Å². The van der Waals surface area contributed by atoms with Gasteiger partial charge in [-0.2, -0.15) is 0 Å². The van der Waals surface area contributed by atoms with Crippen molar-refractivity contribution in [2.24, 2.45) is 0 Å². The van der Waals surface area contributed by atoms with Crippen LogP contribution in [0, 0.1) is 0 Å². The van der Waals surface area contributed by atoms with Gasteiger partial charge in [-0.1, -0.05) is 13.3 Å². The molecule has 0 spiro atoms. The minimum absolute atomic E-state index is 0.737. The van der Waals surface area contributed by atoms with Gasteiger partial charge >= 0.3 is 0 Å². The van der Waals surface area contributed by atoms with Crippen LogP contribution in [0.4, 0.5) is 0 Å². The van der Waals surface area contributed by atoms with Crippen LogP contribution in [0.3, 0.4) is 0 Å². The van der Waals surface area contributed by atoms with Crippen LogP contribution in [0.5, 0.6) is 0 Å². The molecule has 1 heteroatoms. The normalized spacial score (nSPS) is 20.9. The standard InChI is InChI=1S/C13H21N/c1-3-4-7-12-9-10-13-8-5-6-11(2)14(12)13/h9-11H,3-8H2,1-2H3/t11-/m1/s1. The first-order chi connectivity index (χ1) is 6.83. The molecule has 1 atom stereocenters. The number of hydrogen-bond donors (Lipinski definition) is 0. The molecule has 0 radical (unpaired) electrons. The second-order valence-electron chi connectivity index (χ2n) is 4.53. The number of nitrogens with zero attached hydrogens (tertiary/aromatic N) is 1. The molecule has 0 fully saturated rings. The predicted octanol–water partition coefficient (Wildman–Crippen LogP) is 3.73. The lowest BCUT2D eigenvalue weighted by Crippen LogP contribution is -2.16. The highest BCUT2D eigenvalue weighted by Gasteiger charge is 2.17. The molecule has 0 aliphatic carbocycles. The van der Waals surface area contributed by atoms with Gasteiger partial charge in [0.2, 0.25) is 0 Å².